The van der Waals surface area contributed by atoms with Crippen LogP contribution in [-0.2, 0) is 9.59 Å². The lowest BCUT2D eigenvalue weighted by Crippen LogP contribution is -2.25. The van der Waals surface area contributed by atoms with Crippen LogP contribution in [0.4, 0.5) is 0 Å². The van der Waals surface area contributed by atoms with Crippen molar-refractivity contribution in [2.75, 3.05) is 6.54 Å². The molecule has 0 radical (unpaired) electrons. The van der Waals surface area contributed by atoms with Crippen molar-refractivity contribution in [2.24, 2.45) is 5.92 Å². The fraction of sp³-hybridized carbons (Fsp3) is 0.818. The van der Waals surface area contributed by atoms with Gasteiger partial charge >= 0.3 is 0 Å². The maximum absolute atomic E-state index is 11.2. The van der Waals surface area contributed by atoms with Crippen molar-refractivity contribution in [1.29, 1.82) is 0 Å². The molecule has 1 amide bonds. The van der Waals surface area contributed by atoms with Crippen LogP contribution in [0.2, 0.25) is 0 Å². The van der Waals surface area contributed by atoms with Crippen LogP contribution in [0.5, 0.6) is 0 Å². The highest BCUT2D eigenvalue weighted by Gasteiger charge is 2.02. The third-order valence-corrected chi connectivity index (χ3v) is 1.91. The van der Waals surface area contributed by atoms with E-state index in [9.17, 15) is 9.59 Å². The van der Waals surface area contributed by atoms with Crippen molar-refractivity contribution in [2.45, 2.75) is 46.0 Å². The van der Waals surface area contributed by atoms with Gasteiger partial charge < -0.3 is 10.1 Å². The van der Waals surface area contributed by atoms with Crippen LogP contribution >= 0.6 is 0 Å². The summed E-state index contributed by atoms with van der Waals surface area (Å²) >= 11 is 0. The monoisotopic (exact) mass is 199 g/mol. The first kappa shape index (κ1) is 13.1. The Labute approximate surface area is 86.3 Å². The number of amides is 1. The summed E-state index contributed by atoms with van der Waals surface area (Å²) in [7, 11) is 0. The second-order valence-electron chi connectivity index (χ2n) is 3.96. The van der Waals surface area contributed by atoms with Gasteiger partial charge in [-0.25, -0.2) is 0 Å². The number of rotatable bonds is 8. The first-order valence-electron chi connectivity index (χ1n) is 5.37. The SMILES string of the molecule is CC(C)CC(=O)NCCCCCC=O. The Morgan fingerprint density at radius 1 is 1.29 bits per heavy atom. The molecular formula is C11H21NO2. The zero-order chi connectivity index (χ0) is 10.8. The van der Waals surface area contributed by atoms with E-state index in [1.807, 2.05) is 13.8 Å². The van der Waals surface area contributed by atoms with Crippen molar-refractivity contribution in [1.82, 2.24) is 5.32 Å². The van der Waals surface area contributed by atoms with E-state index in [0.717, 1.165) is 32.1 Å². The Hall–Kier alpha value is -0.860. The molecule has 0 bridgehead atoms. The molecule has 0 aromatic rings. The van der Waals surface area contributed by atoms with Crippen LogP contribution < -0.4 is 5.32 Å². The Morgan fingerprint density at radius 3 is 2.57 bits per heavy atom. The summed E-state index contributed by atoms with van der Waals surface area (Å²) in [5, 5.41) is 2.86. The third-order valence-electron chi connectivity index (χ3n) is 1.91. The summed E-state index contributed by atoms with van der Waals surface area (Å²) in [6.07, 6.45) is 5.10. The Balaban J connectivity index is 3.19. The average Bonchev–Trinajstić information content (AvgIpc) is 2.10. The highest BCUT2D eigenvalue weighted by molar-refractivity contribution is 5.75. The van der Waals surface area contributed by atoms with Gasteiger partial charge in [-0.2, -0.15) is 0 Å². The van der Waals surface area contributed by atoms with Crippen LogP contribution in [0.1, 0.15) is 46.0 Å². The van der Waals surface area contributed by atoms with Crippen LogP contribution in [0, 0.1) is 5.92 Å². The minimum absolute atomic E-state index is 0.135. The number of hydrogen-bond acceptors (Lipinski definition) is 2. The van der Waals surface area contributed by atoms with Gasteiger partial charge in [-0.1, -0.05) is 20.3 Å². The Bertz CT molecular complexity index is 167. The zero-order valence-electron chi connectivity index (χ0n) is 9.21. The fourth-order valence-electron chi connectivity index (χ4n) is 1.20. The van der Waals surface area contributed by atoms with E-state index < -0.39 is 0 Å². The van der Waals surface area contributed by atoms with Gasteiger partial charge in [0.15, 0.2) is 0 Å². The molecule has 0 aliphatic heterocycles. The van der Waals surface area contributed by atoms with Gasteiger partial charge in [0, 0.05) is 19.4 Å². The summed E-state index contributed by atoms with van der Waals surface area (Å²) in [4.78, 5) is 21.2. The first-order valence-corrected chi connectivity index (χ1v) is 5.37. The number of carbonyl (C=O) groups excluding carboxylic acids is 2. The van der Waals surface area contributed by atoms with E-state index in [-0.39, 0.29) is 5.91 Å². The average molecular weight is 199 g/mol. The summed E-state index contributed by atoms with van der Waals surface area (Å²) in [6, 6.07) is 0. The predicted molar refractivity (Wildman–Crippen MR) is 57.0 cm³/mol. The molecule has 82 valence electrons. The van der Waals surface area contributed by atoms with E-state index in [2.05, 4.69) is 5.32 Å². The number of unbranched alkanes of at least 4 members (excludes halogenated alkanes) is 3. The Kier molecular flexibility index (Phi) is 8.19. The van der Waals surface area contributed by atoms with Crippen LogP contribution in [0.25, 0.3) is 0 Å². The van der Waals surface area contributed by atoms with Crippen molar-refractivity contribution < 1.29 is 9.59 Å². The second-order valence-corrected chi connectivity index (χ2v) is 3.96. The molecule has 14 heavy (non-hydrogen) atoms. The van der Waals surface area contributed by atoms with Crippen LogP contribution in [0.3, 0.4) is 0 Å². The smallest absolute Gasteiger partial charge is 0.220 e. The summed E-state index contributed by atoms with van der Waals surface area (Å²) in [6.45, 7) is 4.80. The lowest BCUT2D eigenvalue weighted by atomic mass is 10.1. The standard InChI is InChI=1S/C11H21NO2/c1-10(2)9-11(14)12-7-5-3-4-6-8-13/h8,10H,3-7,9H2,1-2H3,(H,12,14). The second kappa shape index (κ2) is 8.73. The number of hydrogen-bond donors (Lipinski definition) is 1. The number of carbonyl (C=O) groups is 2. The van der Waals surface area contributed by atoms with Crippen LogP contribution in [0.15, 0.2) is 0 Å². The lowest BCUT2D eigenvalue weighted by molar-refractivity contribution is -0.121. The number of aldehydes is 1. The Morgan fingerprint density at radius 2 is 2.00 bits per heavy atom. The minimum Gasteiger partial charge on any atom is -0.356 e. The van der Waals surface area contributed by atoms with E-state index in [1.54, 1.807) is 0 Å². The molecule has 0 heterocycles. The molecule has 0 saturated heterocycles. The van der Waals surface area contributed by atoms with Crippen molar-refractivity contribution in [3.05, 3.63) is 0 Å². The van der Waals surface area contributed by atoms with E-state index in [4.69, 9.17) is 0 Å². The van der Waals surface area contributed by atoms with Gasteiger partial charge in [-0.05, 0) is 18.8 Å². The van der Waals surface area contributed by atoms with Gasteiger partial charge in [0.2, 0.25) is 5.91 Å². The topological polar surface area (TPSA) is 46.2 Å². The molecule has 0 fully saturated rings. The minimum atomic E-state index is 0.135. The van der Waals surface area contributed by atoms with Crippen LogP contribution in [-0.4, -0.2) is 18.7 Å². The molecule has 0 aliphatic carbocycles. The predicted octanol–water partition coefficient (Wildman–Crippen LogP) is 1.91. The summed E-state index contributed by atoms with van der Waals surface area (Å²) in [5.74, 6) is 0.556. The van der Waals surface area contributed by atoms with Gasteiger partial charge in [0.25, 0.3) is 0 Å². The molecule has 0 spiro atoms. The molecule has 3 nitrogen and oxygen atoms in total. The maximum atomic E-state index is 11.2. The van der Waals surface area contributed by atoms with Gasteiger partial charge in [-0.3, -0.25) is 4.79 Å². The maximum Gasteiger partial charge on any atom is 0.220 e. The molecule has 1 N–H and O–H groups in total. The molecule has 0 atom stereocenters. The highest BCUT2D eigenvalue weighted by Crippen LogP contribution is 1.99. The van der Waals surface area contributed by atoms with Gasteiger partial charge in [-0.15, -0.1) is 0 Å². The molecule has 0 aromatic heterocycles. The van der Waals surface area contributed by atoms with Crippen molar-refractivity contribution >= 4 is 12.2 Å². The summed E-state index contributed by atoms with van der Waals surface area (Å²) in [5.41, 5.74) is 0. The number of nitrogens with one attached hydrogen (secondary N) is 1. The van der Waals surface area contributed by atoms with Crippen molar-refractivity contribution in [3.8, 4) is 0 Å². The van der Waals surface area contributed by atoms with Crippen molar-refractivity contribution in [3.63, 3.8) is 0 Å². The quantitative estimate of drug-likeness (QED) is 0.479. The van der Waals surface area contributed by atoms with Gasteiger partial charge in [0.1, 0.15) is 6.29 Å². The molecule has 0 aliphatic rings. The third kappa shape index (κ3) is 9.23. The molecule has 3 heteroatoms. The van der Waals surface area contributed by atoms with E-state index in [1.165, 1.54) is 0 Å². The normalized spacial score (nSPS) is 10.2. The zero-order valence-corrected chi connectivity index (χ0v) is 9.21. The largest absolute Gasteiger partial charge is 0.356 e. The molecule has 0 rings (SSSR count). The van der Waals surface area contributed by atoms with E-state index >= 15 is 0 Å². The first-order chi connectivity index (χ1) is 6.66. The summed E-state index contributed by atoms with van der Waals surface area (Å²) < 4.78 is 0. The highest BCUT2D eigenvalue weighted by atomic mass is 16.1. The fourth-order valence-corrected chi connectivity index (χ4v) is 1.20. The molecule has 0 unspecified atom stereocenters. The lowest BCUT2D eigenvalue weighted by Gasteiger charge is -2.06. The molecule has 0 aromatic carbocycles. The van der Waals surface area contributed by atoms with E-state index in [0.29, 0.717) is 18.8 Å². The molecular weight excluding hydrogens is 178 g/mol. The molecule has 0 saturated carbocycles. The van der Waals surface area contributed by atoms with Gasteiger partial charge in [0.05, 0.1) is 0 Å².